The number of amides is 1. The molecule has 0 bridgehead atoms. The van der Waals surface area contributed by atoms with E-state index in [-0.39, 0.29) is 11.5 Å². The number of hydrogen-bond donors (Lipinski definition) is 1. The van der Waals surface area contributed by atoms with Gasteiger partial charge in [-0.05, 0) is 30.2 Å². The molecule has 3 rings (SSSR count). The third-order valence-electron chi connectivity index (χ3n) is 3.76. The van der Waals surface area contributed by atoms with Gasteiger partial charge in [-0.15, -0.1) is 0 Å². The first-order valence-electron chi connectivity index (χ1n) is 6.68. The van der Waals surface area contributed by atoms with E-state index in [9.17, 15) is 9.59 Å². The number of aromatic nitrogens is 2. The lowest BCUT2D eigenvalue weighted by molar-refractivity contribution is -0.119. The fraction of sp³-hybridized carbons (Fsp3) is 0.267. The van der Waals surface area contributed by atoms with Crippen molar-refractivity contribution in [2.24, 2.45) is 7.05 Å². The molecule has 21 heavy (non-hydrogen) atoms. The monoisotopic (exact) mass is 285 g/mol. The van der Waals surface area contributed by atoms with E-state index in [0.717, 1.165) is 16.9 Å². The molecule has 0 spiro atoms. The van der Waals surface area contributed by atoms with Crippen LogP contribution in [0.2, 0.25) is 0 Å². The number of nitrogens with zero attached hydrogens (tertiary/aromatic N) is 3. The van der Waals surface area contributed by atoms with Crippen LogP contribution < -0.4 is 4.90 Å². The summed E-state index contributed by atoms with van der Waals surface area (Å²) in [6, 6.07) is 4.91. The fourth-order valence-electron chi connectivity index (χ4n) is 2.57. The van der Waals surface area contributed by atoms with Gasteiger partial charge in [-0.3, -0.25) is 4.79 Å². The number of aryl methyl sites for hydroxylation is 2. The van der Waals surface area contributed by atoms with E-state index in [0.29, 0.717) is 19.4 Å². The summed E-state index contributed by atoms with van der Waals surface area (Å²) in [5, 5.41) is 9.06. The minimum Gasteiger partial charge on any atom is -0.478 e. The molecule has 0 fully saturated rings. The first-order valence-corrected chi connectivity index (χ1v) is 6.68. The van der Waals surface area contributed by atoms with Crippen LogP contribution in [0.1, 0.15) is 28.0 Å². The number of rotatable bonds is 3. The van der Waals surface area contributed by atoms with E-state index >= 15 is 0 Å². The maximum Gasteiger partial charge on any atom is 0.335 e. The molecule has 0 atom stereocenters. The number of aromatic carboxylic acids is 1. The molecule has 2 heterocycles. The van der Waals surface area contributed by atoms with Crippen molar-refractivity contribution in [3.63, 3.8) is 0 Å². The zero-order valence-corrected chi connectivity index (χ0v) is 11.6. The number of imidazole rings is 1. The highest BCUT2D eigenvalue weighted by Crippen LogP contribution is 2.30. The molecule has 1 aliphatic heterocycles. The Bertz CT molecular complexity index is 721. The van der Waals surface area contributed by atoms with E-state index in [1.54, 1.807) is 29.6 Å². The molecular formula is C15H15N3O3. The van der Waals surface area contributed by atoms with Crippen molar-refractivity contribution in [2.75, 3.05) is 4.90 Å². The van der Waals surface area contributed by atoms with Crippen molar-refractivity contribution >= 4 is 17.6 Å². The maximum atomic E-state index is 12.2. The van der Waals surface area contributed by atoms with E-state index in [2.05, 4.69) is 4.98 Å². The number of carbonyl (C=O) groups excluding carboxylic acids is 1. The molecule has 1 aromatic heterocycles. The van der Waals surface area contributed by atoms with Gasteiger partial charge in [-0.2, -0.15) is 0 Å². The molecule has 0 saturated carbocycles. The van der Waals surface area contributed by atoms with Gasteiger partial charge >= 0.3 is 5.97 Å². The second-order valence-electron chi connectivity index (χ2n) is 5.12. The molecule has 1 aromatic carbocycles. The van der Waals surface area contributed by atoms with E-state index in [1.807, 2.05) is 11.6 Å². The smallest absolute Gasteiger partial charge is 0.335 e. The van der Waals surface area contributed by atoms with Crippen molar-refractivity contribution in [2.45, 2.75) is 19.4 Å². The molecule has 1 amide bonds. The number of anilines is 1. The standard InChI is InChI=1S/C15H15N3O3/c1-17-9-16-7-12(17)8-18-13-4-2-11(15(20)21)6-10(13)3-5-14(18)19/h2,4,6-7,9H,3,5,8H2,1H3,(H,20,21). The van der Waals surface area contributed by atoms with Crippen LogP contribution in [0.25, 0.3) is 0 Å². The summed E-state index contributed by atoms with van der Waals surface area (Å²) in [5.74, 6) is -0.903. The van der Waals surface area contributed by atoms with Gasteiger partial charge in [-0.1, -0.05) is 0 Å². The minimum atomic E-state index is -0.951. The topological polar surface area (TPSA) is 75.4 Å². The van der Waals surface area contributed by atoms with Crippen molar-refractivity contribution in [1.82, 2.24) is 9.55 Å². The summed E-state index contributed by atoms with van der Waals surface area (Å²) in [6.07, 6.45) is 4.40. The largest absolute Gasteiger partial charge is 0.478 e. The molecule has 1 N–H and O–H groups in total. The number of carboxylic acid groups (broad SMARTS) is 1. The highest BCUT2D eigenvalue weighted by atomic mass is 16.4. The van der Waals surface area contributed by atoms with Crippen LogP contribution in [0, 0.1) is 0 Å². The van der Waals surface area contributed by atoms with Gasteiger partial charge in [0.15, 0.2) is 0 Å². The Morgan fingerprint density at radius 1 is 1.38 bits per heavy atom. The molecule has 0 unspecified atom stereocenters. The van der Waals surface area contributed by atoms with Gasteiger partial charge < -0.3 is 14.6 Å². The number of hydrogen-bond acceptors (Lipinski definition) is 3. The fourth-order valence-corrected chi connectivity index (χ4v) is 2.57. The van der Waals surface area contributed by atoms with E-state index in [4.69, 9.17) is 5.11 Å². The van der Waals surface area contributed by atoms with Crippen molar-refractivity contribution in [1.29, 1.82) is 0 Å². The van der Waals surface area contributed by atoms with Gasteiger partial charge in [0, 0.05) is 25.4 Å². The number of carboxylic acids is 1. The van der Waals surface area contributed by atoms with Crippen LogP contribution in [0.3, 0.4) is 0 Å². The van der Waals surface area contributed by atoms with Gasteiger partial charge in [0.25, 0.3) is 0 Å². The van der Waals surface area contributed by atoms with Crippen LogP contribution in [0.5, 0.6) is 0 Å². The number of carbonyl (C=O) groups is 2. The lowest BCUT2D eigenvalue weighted by atomic mass is 9.98. The van der Waals surface area contributed by atoms with E-state index in [1.165, 1.54) is 6.07 Å². The normalized spacial score (nSPS) is 14.1. The molecule has 0 aliphatic carbocycles. The average molecular weight is 285 g/mol. The van der Waals surface area contributed by atoms with Gasteiger partial charge in [-0.25, -0.2) is 9.78 Å². The van der Waals surface area contributed by atoms with Gasteiger partial charge in [0.2, 0.25) is 5.91 Å². The molecule has 0 saturated heterocycles. The summed E-state index contributed by atoms with van der Waals surface area (Å²) in [7, 11) is 1.88. The number of benzene rings is 1. The van der Waals surface area contributed by atoms with Gasteiger partial charge in [0.05, 0.1) is 24.1 Å². The zero-order valence-electron chi connectivity index (χ0n) is 11.6. The Morgan fingerprint density at radius 3 is 2.86 bits per heavy atom. The molecule has 1 aliphatic rings. The van der Waals surface area contributed by atoms with Crippen LogP contribution in [-0.4, -0.2) is 26.5 Å². The molecule has 6 heteroatoms. The van der Waals surface area contributed by atoms with E-state index < -0.39 is 5.97 Å². The first kappa shape index (κ1) is 13.4. The Morgan fingerprint density at radius 2 is 2.19 bits per heavy atom. The molecule has 2 aromatic rings. The van der Waals surface area contributed by atoms with Crippen molar-refractivity contribution < 1.29 is 14.7 Å². The SMILES string of the molecule is Cn1cncc1CN1C(=O)CCc2cc(C(=O)O)ccc21. The predicted molar refractivity (Wildman–Crippen MR) is 76.1 cm³/mol. The second kappa shape index (κ2) is 5.05. The summed E-state index contributed by atoms with van der Waals surface area (Å²) in [5.41, 5.74) is 2.87. The maximum absolute atomic E-state index is 12.2. The molecule has 0 radical (unpaired) electrons. The van der Waals surface area contributed by atoms with Crippen LogP contribution in [0.4, 0.5) is 5.69 Å². The lowest BCUT2D eigenvalue weighted by Crippen LogP contribution is -2.35. The highest BCUT2D eigenvalue weighted by Gasteiger charge is 2.25. The summed E-state index contributed by atoms with van der Waals surface area (Å²) in [6.45, 7) is 0.439. The third-order valence-corrected chi connectivity index (χ3v) is 3.76. The first-order chi connectivity index (χ1) is 10.1. The molecular weight excluding hydrogens is 270 g/mol. The average Bonchev–Trinajstić information content (AvgIpc) is 2.87. The molecule has 6 nitrogen and oxygen atoms in total. The quantitative estimate of drug-likeness (QED) is 0.929. The third kappa shape index (κ3) is 2.40. The van der Waals surface area contributed by atoms with Crippen molar-refractivity contribution in [3.8, 4) is 0 Å². The summed E-state index contributed by atoms with van der Waals surface area (Å²) in [4.78, 5) is 29.0. The Hall–Kier alpha value is -2.63. The zero-order chi connectivity index (χ0) is 15.0. The van der Waals surface area contributed by atoms with Crippen LogP contribution in [0.15, 0.2) is 30.7 Å². The van der Waals surface area contributed by atoms with Crippen LogP contribution in [-0.2, 0) is 24.8 Å². The van der Waals surface area contributed by atoms with Crippen LogP contribution >= 0.6 is 0 Å². The van der Waals surface area contributed by atoms with Crippen molar-refractivity contribution in [3.05, 3.63) is 47.5 Å². The number of fused-ring (bicyclic) bond motifs is 1. The minimum absolute atomic E-state index is 0.0479. The Kier molecular flexibility index (Phi) is 3.21. The highest BCUT2D eigenvalue weighted by molar-refractivity contribution is 5.97. The van der Waals surface area contributed by atoms with Gasteiger partial charge in [0.1, 0.15) is 0 Å². The summed E-state index contributed by atoms with van der Waals surface area (Å²) < 4.78 is 1.87. The summed E-state index contributed by atoms with van der Waals surface area (Å²) >= 11 is 0. The molecule has 108 valence electrons. The Balaban J connectivity index is 1.97. The Labute approximate surface area is 121 Å². The second-order valence-corrected chi connectivity index (χ2v) is 5.12. The predicted octanol–water partition coefficient (Wildman–Crippen LogP) is 1.60. The lowest BCUT2D eigenvalue weighted by Gasteiger charge is -2.29.